The zero-order valence-electron chi connectivity index (χ0n) is 17.7. The van der Waals surface area contributed by atoms with E-state index in [4.69, 9.17) is 0 Å². The van der Waals surface area contributed by atoms with Gasteiger partial charge >= 0.3 is 0 Å². The molecule has 0 bridgehead atoms. The van der Waals surface area contributed by atoms with Crippen molar-refractivity contribution in [2.45, 2.75) is 89.1 Å². The second kappa shape index (κ2) is 7.92. The maximum Gasteiger partial charge on any atom is 0.241 e. The SMILES string of the molecule is Cc1ccccc1C1(CC(=O)N2CCCCC2C)CC(=O)N(C2CCCC2)C1=O. The number of nitrogens with zero attached hydrogens (tertiary/aromatic N) is 2. The van der Waals surface area contributed by atoms with Crippen molar-refractivity contribution >= 4 is 17.7 Å². The molecule has 156 valence electrons. The number of piperidine rings is 1. The Bertz CT molecular complexity index is 814. The Hall–Kier alpha value is -2.17. The molecule has 1 aliphatic carbocycles. The second-order valence-corrected chi connectivity index (χ2v) is 9.19. The number of hydrogen-bond donors (Lipinski definition) is 0. The molecule has 5 nitrogen and oxygen atoms in total. The Morgan fingerprint density at radius 1 is 1.07 bits per heavy atom. The van der Waals surface area contributed by atoms with Crippen molar-refractivity contribution in [3.63, 3.8) is 0 Å². The molecule has 29 heavy (non-hydrogen) atoms. The highest BCUT2D eigenvalue weighted by molar-refractivity contribution is 6.11. The van der Waals surface area contributed by atoms with Crippen molar-refractivity contribution in [1.29, 1.82) is 0 Å². The molecule has 0 radical (unpaired) electrons. The molecule has 3 amide bonds. The number of aryl methyl sites for hydroxylation is 1. The average Bonchev–Trinajstić information content (AvgIpc) is 3.29. The van der Waals surface area contributed by atoms with Gasteiger partial charge in [-0.1, -0.05) is 37.1 Å². The van der Waals surface area contributed by atoms with Crippen LogP contribution in [0, 0.1) is 6.92 Å². The zero-order chi connectivity index (χ0) is 20.6. The van der Waals surface area contributed by atoms with Crippen LogP contribution < -0.4 is 0 Å². The standard InChI is InChI=1S/C24H32N2O3/c1-17-9-3-6-13-20(17)24(15-21(27)25-14-8-7-10-18(25)2)16-22(28)26(23(24)29)19-11-4-5-12-19/h3,6,9,13,18-19H,4-5,7-8,10-12,14-16H2,1-2H3. The first-order valence-corrected chi connectivity index (χ1v) is 11.2. The van der Waals surface area contributed by atoms with E-state index in [1.54, 1.807) is 0 Å². The van der Waals surface area contributed by atoms with E-state index in [1.807, 2.05) is 36.1 Å². The Balaban J connectivity index is 1.71. The predicted molar refractivity (Wildman–Crippen MR) is 111 cm³/mol. The van der Waals surface area contributed by atoms with Crippen LogP contribution in [-0.4, -0.2) is 46.1 Å². The van der Waals surface area contributed by atoms with Gasteiger partial charge in [0.05, 0.1) is 5.41 Å². The van der Waals surface area contributed by atoms with Gasteiger partial charge < -0.3 is 4.90 Å². The third-order valence-electron chi connectivity index (χ3n) is 7.28. The van der Waals surface area contributed by atoms with E-state index >= 15 is 0 Å². The van der Waals surface area contributed by atoms with Crippen molar-refractivity contribution < 1.29 is 14.4 Å². The van der Waals surface area contributed by atoms with E-state index in [1.165, 1.54) is 4.90 Å². The van der Waals surface area contributed by atoms with Crippen molar-refractivity contribution in [2.24, 2.45) is 0 Å². The smallest absolute Gasteiger partial charge is 0.241 e. The summed E-state index contributed by atoms with van der Waals surface area (Å²) in [5.74, 6) is -0.249. The number of benzene rings is 1. The van der Waals surface area contributed by atoms with E-state index in [-0.39, 0.29) is 42.6 Å². The molecule has 0 aromatic heterocycles. The molecule has 4 rings (SSSR count). The minimum Gasteiger partial charge on any atom is -0.340 e. The number of carbonyl (C=O) groups is 3. The Morgan fingerprint density at radius 3 is 2.45 bits per heavy atom. The third-order valence-corrected chi connectivity index (χ3v) is 7.28. The monoisotopic (exact) mass is 396 g/mol. The fraction of sp³-hybridized carbons (Fsp3) is 0.625. The van der Waals surface area contributed by atoms with Crippen molar-refractivity contribution in [2.75, 3.05) is 6.54 Å². The summed E-state index contributed by atoms with van der Waals surface area (Å²) in [4.78, 5) is 43.7. The summed E-state index contributed by atoms with van der Waals surface area (Å²) < 4.78 is 0. The van der Waals surface area contributed by atoms with Crippen LogP contribution in [0.5, 0.6) is 0 Å². The number of imide groups is 1. The molecule has 1 aromatic carbocycles. The van der Waals surface area contributed by atoms with Crippen LogP contribution in [0.4, 0.5) is 0 Å². The number of carbonyl (C=O) groups excluding carboxylic acids is 3. The molecular formula is C24H32N2O3. The van der Waals surface area contributed by atoms with Gasteiger partial charge in [-0.25, -0.2) is 0 Å². The molecule has 1 aromatic rings. The first-order chi connectivity index (χ1) is 13.9. The molecule has 0 N–H and O–H groups in total. The van der Waals surface area contributed by atoms with E-state index in [0.29, 0.717) is 0 Å². The van der Waals surface area contributed by atoms with Crippen LogP contribution in [0.3, 0.4) is 0 Å². The molecule has 5 heteroatoms. The number of amides is 3. The molecule has 2 heterocycles. The van der Waals surface area contributed by atoms with Crippen LogP contribution in [0.25, 0.3) is 0 Å². The van der Waals surface area contributed by atoms with E-state index in [2.05, 4.69) is 6.92 Å². The lowest BCUT2D eigenvalue weighted by atomic mass is 9.73. The Labute approximate surface area is 173 Å². The van der Waals surface area contributed by atoms with Crippen molar-refractivity contribution in [3.8, 4) is 0 Å². The van der Waals surface area contributed by atoms with Gasteiger partial charge in [-0.05, 0) is 57.1 Å². The molecule has 3 fully saturated rings. The van der Waals surface area contributed by atoms with Gasteiger partial charge in [-0.3, -0.25) is 19.3 Å². The van der Waals surface area contributed by atoms with Crippen LogP contribution >= 0.6 is 0 Å². The molecule has 2 unspecified atom stereocenters. The first kappa shape index (κ1) is 20.1. The van der Waals surface area contributed by atoms with Gasteiger partial charge in [-0.2, -0.15) is 0 Å². The molecule has 0 spiro atoms. The van der Waals surface area contributed by atoms with Gasteiger partial charge in [0.25, 0.3) is 0 Å². The molecular weight excluding hydrogens is 364 g/mol. The second-order valence-electron chi connectivity index (χ2n) is 9.19. The number of hydrogen-bond acceptors (Lipinski definition) is 3. The molecule has 1 saturated carbocycles. The van der Waals surface area contributed by atoms with Gasteiger partial charge in [0.2, 0.25) is 17.7 Å². The number of rotatable bonds is 4. The quantitative estimate of drug-likeness (QED) is 0.729. The van der Waals surface area contributed by atoms with Gasteiger partial charge in [-0.15, -0.1) is 0 Å². The predicted octanol–water partition coefficient (Wildman–Crippen LogP) is 3.73. The summed E-state index contributed by atoms with van der Waals surface area (Å²) in [6.45, 7) is 4.81. The van der Waals surface area contributed by atoms with Crippen molar-refractivity contribution in [3.05, 3.63) is 35.4 Å². The third kappa shape index (κ3) is 3.49. The van der Waals surface area contributed by atoms with Crippen LogP contribution in [-0.2, 0) is 19.8 Å². The summed E-state index contributed by atoms with van der Waals surface area (Å²) in [5.41, 5.74) is 0.762. The van der Waals surface area contributed by atoms with Crippen molar-refractivity contribution in [1.82, 2.24) is 9.80 Å². The van der Waals surface area contributed by atoms with Gasteiger partial charge in [0.1, 0.15) is 0 Å². The maximum atomic E-state index is 13.8. The van der Waals surface area contributed by atoms with Gasteiger partial charge in [0, 0.05) is 31.5 Å². The minimum atomic E-state index is -1.06. The highest BCUT2D eigenvalue weighted by Gasteiger charge is 2.56. The summed E-state index contributed by atoms with van der Waals surface area (Å²) in [6, 6.07) is 7.96. The van der Waals surface area contributed by atoms with Crippen LogP contribution in [0.1, 0.15) is 75.8 Å². The molecule has 2 atom stereocenters. The minimum absolute atomic E-state index is 0.00454. The molecule has 2 aliphatic heterocycles. The van der Waals surface area contributed by atoms with Crippen LogP contribution in [0.2, 0.25) is 0 Å². The first-order valence-electron chi connectivity index (χ1n) is 11.2. The lowest BCUT2D eigenvalue weighted by molar-refractivity contribution is -0.145. The number of likely N-dealkylation sites (tertiary alicyclic amines) is 2. The highest BCUT2D eigenvalue weighted by atomic mass is 16.2. The molecule has 3 aliphatic rings. The lowest BCUT2D eigenvalue weighted by Gasteiger charge is -2.37. The largest absolute Gasteiger partial charge is 0.340 e. The van der Waals surface area contributed by atoms with E-state index in [0.717, 1.165) is 62.6 Å². The topological polar surface area (TPSA) is 57.7 Å². The van der Waals surface area contributed by atoms with Crippen LogP contribution in [0.15, 0.2) is 24.3 Å². The maximum absolute atomic E-state index is 13.8. The van der Waals surface area contributed by atoms with Gasteiger partial charge in [0.15, 0.2) is 0 Å². The highest BCUT2D eigenvalue weighted by Crippen LogP contribution is 2.44. The Morgan fingerprint density at radius 2 is 1.76 bits per heavy atom. The Kier molecular flexibility index (Phi) is 5.50. The lowest BCUT2D eigenvalue weighted by Crippen LogP contribution is -2.48. The summed E-state index contributed by atoms with van der Waals surface area (Å²) in [7, 11) is 0. The summed E-state index contributed by atoms with van der Waals surface area (Å²) in [6.07, 6.45) is 7.25. The fourth-order valence-corrected chi connectivity index (χ4v) is 5.68. The normalized spacial score (nSPS) is 28.4. The zero-order valence-corrected chi connectivity index (χ0v) is 17.7. The van der Waals surface area contributed by atoms with E-state index in [9.17, 15) is 14.4 Å². The molecule has 2 saturated heterocycles. The fourth-order valence-electron chi connectivity index (χ4n) is 5.68. The summed E-state index contributed by atoms with van der Waals surface area (Å²) >= 11 is 0. The van der Waals surface area contributed by atoms with E-state index < -0.39 is 5.41 Å². The average molecular weight is 397 g/mol. The summed E-state index contributed by atoms with van der Waals surface area (Å²) in [5, 5.41) is 0.